The topological polar surface area (TPSA) is 49.7 Å². The third kappa shape index (κ3) is 2.15. The van der Waals surface area contributed by atoms with E-state index in [-0.39, 0.29) is 11.5 Å². The number of allylic oxidation sites excluding steroid dienone is 1. The number of rotatable bonds is 1. The Morgan fingerprint density at radius 3 is 2.53 bits per heavy atom. The summed E-state index contributed by atoms with van der Waals surface area (Å²) >= 11 is 0. The number of phenolic OH excluding ortho intramolecular Hbond substituents is 2. The lowest BCUT2D eigenvalue weighted by molar-refractivity contribution is 0.419. The van der Waals surface area contributed by atoms with Gasteiger partial charge >= 0.3 is 0 Å². The molecular weight excluding hydrogens is 240 g/mol. The predicted molar refractivity (Wildman–Crippen MR) is 73.3 cm³/mol. The minimum Gasteiger partial charge on any atom is -0.508 e. The van der Waals surface area contributed by atoms with Crippen molar-refractivity contribution in [2.45, 2.75) is 13.3 Å². The highest BCUT2D eigenvalue weighted by atomic mass is 16.5. The van der Waals surface area contributed by atoms with Crippen molar-refractivity contribution >= 4 is 5.57 Å². The van der Waals surface area contributed by atoms with Gasteiger partial charge in [-0.2, -0.15) is 0 Å². The highest BCUT2D eigenvalue weighted by Crippen LogP contribution is 2.39. The van der Waals surface area contributed by atoms with Gasteiger partial charge in [0.25, 0.3) is 0 Å². The molecule has 0 unspecified atom stereocenters. The Morgan fingerprint density at radius 2 is 1.79 bits per heavy atom. The Kier molecular flexibility index (Phi) is 2.67. The molecule has 0 aromatic heterocycles. The molecule has 0 saturated carbocycles. The second kappa shape index (κ2) is 4.35. The fourth-order valence-electron chi connectivity index (χ4n) is 2.20. The van der Waals surface area contributed by atoms with Crippen LogP contribution < -0.4 is 4.74 Å². The van der Waals surface area contributed by atoms with Crippen LogP contribution in [0.4, 0.5) is 0 Å². The van der Waals surface area contributed by atoms with Crippen LogP contribution in [0.25, 0.3) is 5.57 Å². The second-order valence-electron chi connectivity index (χ2n) is 4.75. The minimum absolute atomic E-state index is 0.00318. The average Bonchev–Trinajstić information content (AvgIpc) is 2.39. The van der Waals surface area contributed by atoms with E-state index in [9.17, 15) is 10.2 Å². The molecule has 1 aliphatic heterocycles. The summed E-state index contributed by atoms with van der Waals surface area (Å²) in [7, 11) is 0. The lowest BCUT2D eigenvalue weighted by Gasteiger charge is -2.19. The number of aromatic hydroxyl groups is 2. The standard InChI is InChI=1S/C16H14O3/c1-10-2-4-11(5-3-10)12-6-14-15(18)7-13(17)8-16(14)19-9-12/h2-5,7-9,17-18H,6H2,1H3. The summed E-state index contributed by atoms with van der Waals surface area (Å²) in [6.45, 7) is 2.04. The van der Waals surface area contributed by atoms with E-state index in [1.54, 1.807) is 6.26 Å². The number of ether oxygens (including phenoxy) is 1. The maximum atomic E-state index is 9.88. The zero-order valence-electron chi connectivity index (χ0n) is 10.6. The van der Waals surface area contributed by atoms with Crippen molar-refractivity contribution in [1.29, 1.82) is 0 Å². The van der Waals surface area contributed by atoms with Crippen molar-refractivity contribution < 1.29 is 14.9 Å². The smallest absolute Gasteiger partial charge is 0.137 e. The van der Waals surface area contributed by atoms with Crippen LogP contribution in [0.15, 0.2) is 42.7 Å². The van der Waals surface area contributed by atoms with E-state index in [0.29, 0.717) is 17.7 Å². The minimum atomic E-state index is 0.00318. The normalized spacial score (nSPS) is 13.4. The summed E-state index contributed by atoms with van der Waals surface area (Å²) in [5.74, 6) is 0.574. The zero-order chi connectivity index (χ0) is 13.4. The third-order valence-electron chi connectivity index (χ3n) is 3.29. The van der Waals surface area contributed by atoms with Crippen molar-refractivity contribution in [1.82, 2.24) is 0 Å². The van der Waals surface area contributed by atoms with E-state index in [0.717, 1.165) is 11.1 Å². The number of fused-ring (bicyclic) bond motifs is 1. The van der Waals surface area contributed by atoms with Crippen LogP contribution in [0.5, 0.6) is 17.2 Å². The van der Waals surface area contributed by atoms with E-state index >= 15 is 0 Å². The van der Waals surface area contributed by atoms with Crippen LogP contribution in [-0.4, -0.2) is 10.2 Å². The van der Waals surface area contributed by atoms with Crippen LogP contribution >= 0.6 is 0 Å². The molecule has 2 aromatic rings. The molecule has 0 bridgehead atoms. The number of hydrogen-bond donors (Lipinski definition) is 2. The second-order valence-corrected chi connectivity index (χ2v) is 4.75. The monoisotopic (exact) mass is 254 g/mol. The van der Waals surface area contributed by atoms with Gasteiger partial charge in [-0.3, -0.25) is 0 Å². The van der Waals surface area contributed by atoms with E-state index in [4.69, 9.17) is 4.74 Å². The summed E-state index contributed by atoms with van der Waals surface area (Å²) in [4.78, 5) is 0. The Labute approximate surface area is 111 Å². The molecule has 0 fully saturated rings. The summed E-state index contributed by atoms with van der Waals surface area (Å²) < 4.78 is 5.50. The summed E-state index contributed by atoms with van der Waals surface area (Å²) in [6.07, 6.45) is 2.26. The van der Waals surface area contributed by atoms with Gasteiger partial charge in [-0.1, -0.05) is 29.8 Å². The molecule has 19 heavy (non-hydrogen) atoms. The van der Waals surface area contributed by atoms with Gasteiger partial charge in [0.15, 0.2) is 0 Å². The molecule has 0 aliphatic carbocycles. The van der Waals surface area contributed by atoms with Gasteiger partial charge < -0.3 is 14.9 Å². The van der Waals surface area contributed by atoms with Gasteiger partial charge in [0, 0.05) is 24.1 Å². The van der Waals surface area contributed by atoms with Gasteiger partial charge in [-0.25, -0.2) is 0 Å². The molecule has 3 nitrogen and oxygen atoms in total. The molecule has 1 heterocycles. The number of phenols is 2. The molecule has 3 rings (SSSR count). The molecule has 0 spiro atoms. The Hall–Kier alpha value is -2.42. The first-order valence-corrected chi connectivity index (χ1v) is 6.11. The Morgan fingerprint density at radius 1 is 1.05 bits per heavy atom. The highest BCUT2D eigenvalue weighted by molar-refractivity contribution is 5.72. The maximum absolute atomic E-state index is 9.88. The van der Waals surface area contributed by atoms with E-state index in [2.05, 4.69) is 0 Å². The van der Waals surface area contributed by atoms with Crippen LogP contribution in [0.1, 0.15) is 16.7 Å². The third-order valence-corrected chi connectivity index (χ3v) is 3.29. The molecular formula is C16H14O3. The SMILES string of the molecule is Cc1ccc(C2=COc3cc(O)cc(O)c3C2)cc1. The fraction of sp³-hybridized carbons (Fsp3) is 0.125. The van der Waals surface area contributed by atoms with Gasteiger partial charge in [0.05, 0.1) is 6.26 Å². The van der Waals surface area contributed by atoms with Gasteiger partial charge in [0.2, 0.25) is 0 Å². The summed E-state index contributed by atoms with van der Waals surface area (Å²) in [6, 6.07) is 11.0. The van der Waals surface area contributed by atoms with Crippen LogP contribution in [0.2, 0.25) is 0 Å². The van der Waals surface area contributed by atoms with Crippen molar-refractivity contribution in [2.75, 3.05) is 0 Å². The molecule has 3 heteroatoms. The van der Waals surface area contributed by atoms with Crippen molar-refractivity contribution in [3.05, 3.63) is 59.4 Å². The lowest BCUT2D eigenvalue weighted by Crippen LogP contribution is -2.02. The Bertz CT molecular complexity index is 654. The first-order valence-electron chi connectivity index (χ1n) is 6.11. The van der Waals surface area contributed by atoms with E-state index < -0.39 is 0 Å². The molecule has 96 valence electrons. The van der Waals surface area contributed by atoms with Crippen molar-refractivity contribution in [2.24, 2.45) is 0 Å². The highest BCUT2D eigenvalue weighted by Gasteiger charge is 2.18. The molecule has 0 atom stereocenters. The predicted octanol–water partition coefficient (Wildman–Crippen LogP) is 3.38. The van der Waals surface area contributed by atoms with Crippen LogP contribution in [0, 0.1) is 6.92 Å². The number of aryl methyl sites for hydroxylation is 1. The first-order chi connectivity index (χ1) is 9.13. The molecule has 0 radical (unpaired) electrons. The zero-order valence-corrected chi connectivity index (χ0v) is 10.6. The van der Waals surface area contributed by atoms with Crippen molar-refractivity contribution in [3.8, 4) is 17.2 Å². The van der Waals surface area contributed by atoms with E-state index in [1.807, 2.05) is 31.2 Å². The quantitative estimate of drug-likeness (QED) is 0.820. The van der Waals surface area contributed by atoms with Crippen molar-refractivity contribution in [3.63, 3.8) is 0 Å². The molecule has 2 N–H and O–H groups in total. The number of benzene rings is 2. The summed E-state index contributed by atoms with van der Waals surface area (Å²) in [5, 5.41) is 19.3. The number of hydrogen-bond acceptors (Lipinski definition) is 3. The van der Waals surface area contributed by atoms with E-state index in [1.165, 1.54) is 17.7 Å². The average molecular weight is 254 g/mol. The molecule has 2 aromatic carbocycles. The molecule has 0 amide bonds. The first kappa shape index (κ1) is 11.7. The maximum Gasteiger partial charge on any atom is 0.137 e. The van der Waals surface area contributed by atoms with Gasteiger partial charge in [0.1, 0.15) is 17.2 Å². The van der Waals surface area contributed by atoms with Crippen LogP contribution in [0.3, 0.4) is 0 Å². The van der Waals surface area contributed by atoms with Crippen LogP contribution in [-0.2, 0) is 6.42 Å². The summed E-state index contributed by atoms with van der Waals surface area (Å²) in [5.41, 5.74) is 3.99. The Balaban J connectivity index is 1.97. The molecule has 0 saturated heterocycles. The van der Waals surface area contributed by atoms with Gasteiger partial charge in [-0.05, 0) is 18.1 Å². The lowest BCUT2D eigenvalue weighted by atomic mass is 9.96. The van der Waals surface area contributed by atoms with Gasteiger partial charge in [-0.15, -0.1) is 0 Å². The fourth-order valence-corrected chi connectivity index (χ4v) is 2.20. The molecule has 1 aliphatic rings. The largest absolute Gasteiger partial charge is 0.508 e.